The predicted octanol–water partition coefficient (Wildman–Crippen LogP) is 6.56. The zero-order chi connectivity index (χ0) is 33.0. The lowest BCUT2D eigenvalue weighted by Crippen LogP contribution is -2.41. The third-order valence-electron chi connectivity index (χ3n) is 7.88. The average Bonchev–Trinajstić information content (AvgIpc) is 3.51. The van der Waals surface area contributed by atoms with Crippen LogP contribution in [-0.4, -0.2) is 65.0 Å². The van der Waals surface area contributed by atoms with Gasteiger partial charge in [0.15, 0.2) is 0 Å². The molecule has 0 saturated carbocycles. The second-order valence-electron chi connectivity index (χ2n) is 12.3. The molecule has 1 fully saturated rings. The van der Waals surface area contributed by atoms with Crippen molar-refractivity contribution in [2.24, 2.45) is 0 Å². The molecule has 1 aliphatic heterocycles. The van der Waals surface area contributed by atoms with E-state index in [1.807, 2.05) is 66.7 Å². The summed E-state index contributed by atoms with van der Waals surface area (Å²) in [5.74, 6) is 2.44. The van der Waals surface area contributed by atoms with E-state index in [1.54, 1.807) is 35.0 Å². The van der Waals surface area contributed by atoms with E-state index in [2.05, 4.69) is 36.4 Å². The number of carbonyl (C=O) groups is 2. The van der Waals surface area contributed by atoms with Gasteiger partial charge in [-0.3, -0.25) is 15.1 Å². The third-order valence-corrected chi connectivity index (χ3v) is 7.88. The van der Waals surface area contributed by atoms with E-state index in [1.165, 1.54) is 0 Å². The van der Waals surface area contributed by atoms with Crippen molar-refractivity contribution in [2.75, 3.05) is 44.0 Å². The molecule has 11 nitrogen and oxygen atoms in total. The van der Waals surface area contributed by atoms with Crippen LogP contribution < -0.4 is 20.1 Å². The Hall–Kier alpha value is -5.42. The van der Waals surface area contributed by atoms with Crippen LogP contribution in [0, 0.1) is 0 Å². The predicted molar refractivity (Wildman–Crippen MR) is 181 cm³/mol. The van der Waals surface area contributed by atoms with Crippen molar-refractivity contribution < 1.29 is 23.8 Å². The van der Waals surface area contributed by atoms with E-state index < -0.39 is 6.03 Å². The Labute approximate surface area is 273 Å². The molecule has 6 rings (SSSR count). The van der Waals surface area contributed by atoms with Gasteiger partial charge in [0.25, 0.3) is 0 Å². The van der Waals surface area contributed by atoms with Gasteiger partial charge < -0.3 is 24.4 Å². The summed E-state index contributed by atoms with van der Waals surface area (Å²) < 4.78 is 18.7. The molecule has 3 aromatic carbocycles. The van der Waals surface area contributed by atoms with Gasteiger partial charge in [-0.15, -0.1) is 0 Å². The van der Waals surface area contributed by atoms with Crippen molar-refractivity contribution >= 4 is 34.2 Å². The standard InChI is InChI=1S/C36H38N6O5/c1-36(2,3)32-23-33(42(40-32)25-9-11-26(45-4)12-10-25)39-35(44)38-30-13-14-31(29-8-6-5-7-28(29)30)47-27-15-16-37-24(21-27)22-34(43)41-17-19-46-20-18-41/h5-16,21,23H,17-20,22H2,1-4H3,(H2,38,39,44). The molecule has 242 valence electrons. The number of hydrogen-bond acceptors (Lipinski definition) is 7. The maximum Gasteiger partial charge on any atom is 0.324 e. The fourth-order valence-corrected chi connectivity index (χ4v) is 5.32. The number of nitrogens with zero attached hydrogens (tertiary/aromatic N) is 4. The lowest BCUT2D eigenvalue weighted by molar-refractivity contribution is -0.134. The quantitative estimate of drug-likeness (QED) is 0.198. The van der Waals surface area contributed by atoms with Crippen LogP contribution in [0.5, 0.6) is 17.2 Å². The lowest BCUT2D eigenvalue weighted by atomic mass is 9.92. The van der Waals surface area contributed by atoms with Crippen LogP contribution in [0.2, 0.25) is 0 Å². The monoisotopic (exact) mass is 634 g/mol. The highest BCUT2D eigenvalue weighted by Gasteiger charge is 2.22. The highest BCUT2D eigenvalue weighted by atomic mass is 16.5. The highest BCUT2D eigenvalue weighted by Crippen LogP contribution is 2.35. The number of nitrogens with one attached hydrogen (secondary N) is 2. The number of benzene rings is 3. The number of hydrogen-bond donors (Lipinski definition) is 2. The SMILES string of the molecule is COc1ccc(-n2nc(C(C)(C)C)cc2NC(=O)Nc2ccc(Oc3ccnc(CC(=O)N4CCOCC4)c3)c3ccccc23)cc1. The summed E-state index contributed by atoms with van der Waals surface area (Å²) in [6, 6.07) is 23.8. The maximum atomic E-state index is 13.4. The largest absolute Gasteiger partial charge is 0.497 e. The molecule has 0 bridgehead atoms. The molecule has 0 spiro atoms. The van der Waals surface area contributed by atoms with Gasteiger partial charge in [0.05, 0.1) is 49.5 Å². The third kappa shape index (κ3) is 7.36. The number of urea groups is 1. The molecule has 0 radical (unpaired) electrons. The molecule has 2 N–H and O–H groups in total. The zero-order valence-electron chi connectivity index (χ0n) is 26.9. The minimum absolute atomic E-state index is 0.0128. The van der Waals surface area contributed by atoms with Crippen molar-refractivity contribution in [1.29, 1.82) is 0 Å². The van der Waals surface area contributed by atoms with Gasteiger partial charge in [0.2, 0.25) is 5.91 Å². The number of rotatable bonds is 8. The molecule has 5 aromatic rings. The number of ether oxygens (including phenoxy) is 3. The van der Waals surface area contributed by atoms with Crippen molar-refractivity contribution in [3.63, 3.8) is 0 Å². The van der Waals surface area contributed by atoms with Gasteiger partial charge in [-0.25, -0.2) is 9.48 Å². The Morgan fingerprint density at radius 2 is 1.64 bits per heavy atom. The first-order chi connectivity index (χ1) is 22.7. The van der Waals surface area contributed by atoms with Crippen LogP contribution in [0.15, 0.2) is 85.1 Å². The molecule has 2 aromatic heterocycles. The Bertz CT molecular complexity index is 1890. The number of aromatic nitrogens is 3. The first-order valence-corrected chi connectivity index (χ1v) is 15.5. The van der Waals surface area contributed by atoms with Gasteiger partial charge in [0, 0.05) is 47.6 Å². The van der Waals surface area contributed by atoms with Crippen molar-refractivity contribution in [2.45, 2.75) is 32.6 Å². The molecular formula is C36H38N6O5. The Balaban J connectivity index is 1.20. The van der Waals surface area contributed by atoms with Crippen LogP contribution in [-0.2, 0) is 21.4 Å². The van der Waals surface area contributed by atoms with E-state index in [0.29, 0.717) is 55.0 Å². The number of amides is 3. The first-order valence-electron chi connectivity index (χ1n) is 15.5. The first kappa shape index (κ1) is 31.6. The van der Waals surface area contributed by atoms with E-state index in [0.717, 1.165) is 27.9 Å². The second kappa shape index (κ2) is 13.5. The minimum Gasteiger partial charge on any atom is -0.497 e. The summed E-state index contributed by atoms with van der Waals surface area (Å²) in [6.07, 6.45) is 1.83. The average molecular weight is 635 g/mol. The smallest absolute Gasteiger partial charge is 0.324 e. The summed E-state index contributed by atoms with van der Waals surface area (Å²) >= 11 is 0. The van der Waals surface area contributed by atoms with Gasteiger partial charge >= 0.3 is 6.03 Å². The molecule has 1 saturated heterocycles. The number of anilines is 2. The van der Waals surface area contributed by atoms with Crippen molar-refractivity contribution in [3.05, 3.63) is 96.4 Å². The fraction of sp³-hybridized carbons (Fsp3) is 0.278. The number of pyridine rings is 1. The van der Waals surface area contributed by atoms with Crippen LogP contribution in [0.4, 0.5) is 16.3 Å². The lowest BCUT2D eigenvalue weighted by Gasteiger charge is -2.26. The van der Waals surface area contributed by atoms with Crippen LogP contribution in [0.1, 0.15) is 32.2 Å². The molecule has 0 unspecified atom stereocenters. The maximum absolute atomic E-state index is 13.4. The minimum atomic E-state index is -0.414. The number of fused-ring (bicyclic) bond motifs is 1. The second-order valence-corrected chi connectivity index (χ2v) is 12.3. The molecule has 11 heteroatoms. The number of morpholine rings is 1. The highest BCUT2D eigenvalue weighted by molar-refractivity contribution is 6.07. The molecule has 3 amide bonds. The Morgan fingerprint density at radius 3 is 2.36 bits per heavy atom. The van der Waals surface area contributed by atoms with Gasteiger partial charge in [-0.05, 0) is 42.5 Å². The van der Waals surface area contributed by atoms with Gasteiger partial charge in [-0.2, -0.15) is 5.10 Å². The van der Waals surface area contributed by atoms with Crippen LogP contribution >= 0.6 is 0 Å². The number of carbonyl (C=O) groups excluding carboxylic acids is 2. The zero-order valence-corrected chi connectivity index (χ0v) is 26.9. The summed E-state index contributed by atoms with van der Waals surface area (Å²) in [6.45, 7) is 8.50. The molecule has 3 heterocycles. The molecule has 0 aliphatic carbocycles. The summed E-state index contributed by atoms with van der Waals surface area (Å²) in [7, 11) is 1.62. The Kier molecular flexibility index (Phi) is 9.08. The van der Waals surface area contributed by atoms with E-state index in [9.17, 15) is 9.59 Å². The van der Waals surface area contributed by atoms with E-state index in [4.69, 9.17) is 19.3 Å². The fourth-order valence-electron chi connectivity index (χ4n) is 5.32. The van der Waals surface area contributed by atoms with Crippen molar-refractivity contribution in [3.8, 4) is 22.9 Å². The number of methoxy groups -OCH3 is 1. The van der Waals surface area contributed by atoms with Gasteiger partial charge in [0.1, 0.15) is 23.1 Å². The van der Waals surface area contributed by atoms with E-state index >= 15 is 0 Å². The Morgan fingerprint density at radius 1 is 0.894 bits per heavy atom. The van der Waals surface area contributed by atoms with Crippen LogP contribution in [0.25, 0.3) is 16.5 Å². The molecule has 0 atom stereocenters. The molecule has 1 aliphatic rings. The van der Waals surface area contributed by atoms with Crippen molar-refractivity contribution in [1.82, 2.24) is 19.7 Å². The summed E-state index contributed by atoms with van der Waals surface area (Å²) in [5.41, 5.74) is 2.63. The van der Waals surface area contributed by atoms with E-state index in [-0.39, 0.29) is 17.7 Å². The topological polar surface area (TPSA) is 120 Å². The van der Waals surface area contributed by atoms with Gasteiger partial charge in [-0.1, -0.05) is 45.0 Å². The molecular weight excluding hydrogens is 596 g/mol. The normalized spacial score (nSPS) is 13.3. The van der Waals surface area contributed by atoms with Crippen LogP contribution in [0.3, 0.4) is 0 Å². The summed E-state index contributed by atoms with van der Waals surface area (Å²) in [4.78, 5) is 32.4. The summed E-state index contributed by atoms with van der Waals surface area (Å²) in [5, 5.41) is 12.4. The molecule has 47 heavy (non-hydrogen) atoms.